The highest BCUT2D eigenvalue weighted by Gasteiger charge is 2.30. The van der Waals surface area contributed by atoms with Crippen molar-refractivity contribution in [2.75, 3.05) is 32.8 Å². The van der Waals surface area contributed by atoms with Gasteiger partial charge in [-0.3, -0.25) is 4.79 Å². The molecule has 0 aromatic heterocycles. The van der Waals surface area contributed by atoms with Gasteiger partial charge in [0.05, 0.1) is 6.61 Å². The van der Waals surface area contributed by atoms with E-state index in [9.17, 15) is 4.79 Å². The molecule has 0 radical (unpaired) electrons. The number of nitrogens with zero attached hydrogens (tertiary/aromatic N) is 1. The van der Waals surface area contributed by atoms with Gasteiger partial charge in [0.15, 0.2) is 5.78 Å². The van der Waals surface area contributed by atoms with E-state index in [-0.39, 0.29) is 11.2 Å². The highest BCUT2D eigenvalue weighted by molar-refractivity contribution is 6.00. The summed E-state index contributed by atoms with van der Waals surface area (Å²) in [7, 11) is 0. The molecule has 0 heterocycles. The molecule has 0 fully saturated rings. The van der Waals surface area contributed by atoms with Gasteiger partial charge in [0.1, 0.15) is 0 Å². The zero-order chi connectivity index (χ0) is 15.0. The molecule has 0 amide bonds. The maximum Gasteiger partial charge on any atom is 0.169 e. The number of likely N-dealkylation sites (N-methyl/N-ethyl adjacent to an activating group) is 1. The first-order chi connectivity index (χ1) is 9.51. The number of benzene rings is 1. The molecular weight excluding hydrogens is 250 g/mol. The van der Waals surface area contributed by atoms with Crippen molar-refractivity contribution in [3.63, 3.8) is 0 Å². The van der Waals surface area contributed by atoms with Crippen LogP contribution in [0.1, 0.15) is 38.1 Å². The van der Waals surface area contributed by atoms with Crippen LogP contribution in [-0.4, -0.2) is 43.5 Å². The topological polar surface area (TPSA) is 29.5 Å². The predicted octanol–water partition coefficient (Wildman–Crippen LogP) is 3.25. The maximum atomic E-state index is 12.6. The van der Waals surface area contributed by atoms with Crippen molar-refractivity contribution in [2.24, 2.45) is 5.41 Å². The molecule has 3 heteroatoms. The number of carbonyl (C=O) groups is 1. The first kappa shape index (κ1) is 16.9. The smallest absolute Gasteiger partial charge is 0.169 e. The predicted molar refractivity (Wildman–Crippen MR) is 83.2 cm³/mol. The summed E-state index contributed by atoms with van der Waals surface area (Å²) in [6.07, 6.45) is 0. The van der Waals surface area contributed by atoms with Crippen molar-refractivity contribution < 1.29 is 9.53 Å². The van der Waals surface area contributed by atoms with Gasteiger partial charge in [0.25, 0.3) is 0 Å². The molecular formula is C17H27NO2. The van der Waals surface area contributed by atoms with Crippen molar-refractivity contribution >= 4 is 5.78 Å². The Labute approximate surface area is 122 Å². The lowest BCUT2D eigenvalue weighted by atomic mass is 9.83. The highest BCUT2D eigenvalue weighted by atomic mass is 16.5. The van der Waals surface area contributed by atoms with Crippen LogP contribution in [0.3, 0.4) is 0 Å². The van der Waals surface area contributed by atoms with E-state index in [0.29, 0.717) is 0 Å². The van der Waals surface area contributed by atoms with Gasteiger partial charge in [-0.15, -0.1) is 0 Å². The Morgan fingerprint density at radius 3 is 2.40 bits per heavy atom. The van der Waals surface area contributed by atoms with Gasteiger partial charge in [-0.1, -0.05) is 51.1 Å². The Bertz CT molecular complexity index is 401. The summed E-state index contributed by atoms with van der Waals surface area (Å²) in [5.41, 5.74) is 0.405. The number of ether oxygens (including phenoxy) is 1. The zero-order valence-electron chi connectivity index (χ0n) is 13.2. The van der Waals surface area contributed by atoms with E-state index < -0.39 is 0 Å². The monoisotopic (exact) mass is 277 g/mol. The molecule has 0 aliphatic rings. The van der Waals surface area contributed by atoms with E-state index in [1.165, 1.54) is 0 Å². The number of hydrogen-bond acceptors (Lipinski definition) is 3. The summed E-state index contributed by atoms with van der Waals surface area (Å²) in [5, 5.41) is 0. The second-order valence-electron chi connectivity index (χ2n) is 5.64. The Balaban J connectivity index is 2.65. The second-order valence-corrected chi connectivity index (χ2v) is 5.64. The molecule has 1 aromatic rings. The van der Waals surface area contributed by atoms with Crippen LogP contribution in [-0.2, 0) is 4.74 Å². The summed E-state index contributed by atoms with van der Waals surface area (Å²) in [6, 6.07) is 9.54. The lowest BCUT2D eigenvalue weighted by molar-refractivity contribution is 0.0699. The molecule has 0 spiro atoms. The summed E-state index contributed by atoms with van der Waals surface area (Å²) < 4.78 is 5.40. The molecule has 0 atom stereocenters. The maximum absolute atomic E-state index is 12.6. The molecule has 0 saturated heterocycles. The Hall–Kier alpha value is -1.19. The third kappa shape index (κ3) is 5.06. The van der Waals surface area contributed by atoms with Crippen LogP contribution in [0, 0.1) is 5.41 Å². The third-order valence-corrected chi connectivity index (χ3v) is 3.47. The molecule has 0 unspecified atom stereocenters. The van der Waals surface area contributed by atoms with E-state index in [2.05, 4.69) is 11.8 Å². The molecule has 0 N–H and O–H groups in total. The number of ketones is 1. The summed E-state index contributed by atoms with van der Waals surface area (Å²) >= 11 is 0. The quantitative estimate of drug-likeness (QED) is 0.512. The van der Waals surface area contributed by atoms with Crippen molar-refractivity contribution in [2.45, 2.75) is 27.7 Å². The van der Waals surface area contributed by atoms with Gasteiger partial charge >= 0.3 is 0 Å². The molecule has 20 heavy (non-hydrogen) atoms. The fourth-order valence-corrected chi connectivity index (χ4v) is 2.30. The minimum atomic E-state index is -0.385. The van der Waals surface area contributed by atoms with Crippen molar-refractivity contribution in [1.29, 1.82) is 0 Å². The summed E-state index contributed by atoms with van der Waals surface area (Å²) in [5.74, 6) is 0.202. The molecule has 0 aliphatic heterocycles. The number of Topliss-reactive ketones (excluding diaryl/α,β-unsaturated/α-hetero) is 1. The van der Waals surface area contributed by atoms with Crippen LogP contribution in [0.2, 0.25) is 0 Å². The molecule has 0 saturated carbocycles. The first-order valence-electron chi connectivity index (χ1n) is 7.41. The molecule has 0 bridgehead atoms. The number of rotatable bonds is 9. The first-order valence-corrected chi connectivity index (χ1v) is 7.41. The average molecular weight is 277 g/mol. The Morgan fingerprint density at radius 2 is 1.85 bits per heavy atom. The summed E-state index contributed by atoms with van der Waals surface area (Å²) in [4.78, 5) is 14.9. The van der Waals surface area contributed by atoms with Gasteiger partial charge in [-0.25, -0.2) is 0 Å². The van der Waals surface area contributed by atoms with Crippen molar-refractivity contribution in [3.8, 4) is 0 Å². The molecule has 112 valence electrons. The molecule has 1 aromatic carbocycles. The van der Waals surface area contributed by atoms with Gasteiger partial charge in [-0.05, 0) is 13.5 Å². The molecule has 3 nitrogen and oxygen atoms in total. The lowest BCUT2D eigenvalue weighted by Crippen LogP contribution is -2.40. The number of carbonyl (C=O) groups excluding carboxylic acids is 1. The van der Waals surface area contributed by atoms with Crippen LogP contribution in [0.15, 0.2) is 30.3 Å². The van der Waals surface area contributed by atoms with Crippen LogP contribution in [0.5, 0.6) is 0 Å². The minimum absolute atomic E-state index is 0.202. The van der Waals surface area contributed by atoms with E-state index in [1.807, 2.05) is 51.1 Å². The van der Waals surface area contributed by atoms with Crippen LogP contribution in [0.4, 0.5) is 0 Å². The Kier molecular flexibility index (Phi) is 6.89. The second kappa shape index (κ2) is 8.18. The fraction of sp³-hybridized carbons (Fsp3) is 0.588. The third-order valence-electron chi connectivity index (χ3n) is 3.47. The average Bonchev–Trinajstić information content (AvgIpc) is 2.46. The van der Waals surface area contributed by atoms with E-state index >= 15 is 0 Å². The molecule has 0 aliphatic carbocycles. The lowest BCUT2D eigenvalue weighted by Gasteiger charge is -2.31. The van der Waals surface area contributed by atoms with Crippen molar-refractivity contribution in [3.05, 3.63) is 35.9 Å². The zero-order valence-corrected chi connectivity index (χ0v) is 13.2. The largest absolute Gasteiger partial charge is 0.380 e. The summed E-state index contributed by atoms with van der Waals surface area (Å²) in [6.45, 7) is 12.2. The van der Waals surface area contributed by atoms with Crippen molar-refractivity contribution in [1.82, 2.24) is 4.90 Å². The normalized spacial score (nSPS) is 11.8. The van der Waals surface area contributed by atoms with Gasteiger partial charge in [0, 0.05) is 30.7 Å². The fourth-order valence-electron chi connectivity index (χ4n) is 2.30. The van der Waals surface area contributed by atoms with E-state index in [0.717, 1.165) is 38.4 Å². The van der Waals surface area contributed by atoms with Gasteiger partial charge < -0.3 is 9.64 Å². The van der Waals surface area contributed by atoms with E-state index in [4.69, 9.17) is 4.74 Å². The van der Waals surface area contributed by atoms with Gasteiger partial charge in [0.2, 0.25) is 0 Å². The Morgan fingerprint density at radius 1 is 1.20 bits per heavy atom. The number of hydrogen-bond donors (Lipinski definition) is 0. The minimum Gasteiger partial charge on any atom is -0.380 e. The van der Waals surface area contributed by atoms with Crippen LogP contribution in [0.25, 0.3) is 0 Å². The van der Waals surface area contributed by atoms with Crippen LogP contribution < -0.4 is 0 Å². The highest BCUT2D eigenvalue weighted by Crippen LogP contribution is 2.23. The molecule has 1 rings (SSSR count). The SMILES string of the molecule is CCOCCN(CC)CC(C)(C)C(=O)c1ccccc1. The van der Waals surface area contributed by atoms with Crippen LogP contribution >= 0.6 is 0 Å². The van der Waals surface area contributed by atoms with Gasteiger partial charge in [-0.2, -0.15) is 0 Å². The standard InChI is InChI=1S/C17H27NO2/c1-5-18(12-13-20-6-2)14-17(3,4)16(19)15-10-8-7-9-11-15/h7-11H,5-6,12-14H2,1-4H3. The van der Waals surface area contributed by atoms with E-state index in [1.54, 1.807) is 0 Å².